The lowest BCUT2D eigenvalue weighted by Crippen LogP contribution is -2.12. The molecule has 1 aromatic rings. The van der Waals surface area contributed by atoms with Crippen molar-refractivity contribution < 1.29 is 0 Å². The quantitative estimate of drug-likeness (QED) is 0.822. The molecule has 0 saturated heterocycles. The van der Waals surface area contributed by atoms with Gasteiger partial charge in [0.2, 0.25) is 0 Å². The Kier molecular flexibility index (Phi) is 4.35. The Balaban J connectivity index is 2.98. The van der Waals surface area contributed by atoms with Crippen LogP contribution in [0.1, 0.15) is 22.8 Å². The molecule has 1 heterocycles. The summed E-state index contributed by atoms with van der Waals surface area (Å²) in [5.74, 6) is 1.83. The molecule has 0 aliphatic rings. The third-order valence-electron chi connectivity index (χ3n) is 2.09. The topological polar surface area (TPSA) is 37.8 Å². The van der Waals surface area contributed by atoms with Crippen molar-refractivity contribution >= 4 is 11.8 Å². The third kappa shape index (κ3) is 2.69. The van der Waals surface area contributed by atoms with E-state index in [-0.39, 0.29) is 0 Å². The first-order valence-corrected chi connectivity index (χ1v) is 6.05. The van der Waals surface area contributed by atoms with Gasteiger partial charge in [-0.2, -0.15) is 11.8 Å². The first kappa shape index (κ1) is 11.5. The average Bonchev–Trinajstić information content (AvgIpc) is 2.12. The molecular formula is C10H17N3S. The summed E-state index contributed by atoms with van der Waals surface area (Å²) >= 11 is 1.75. The zero-order valence-electron chi connectivity index (χ0n) is 9.22. The van der Waals surface area contributed by atoms with Crippen LogP contribution in [0.3, 0.4) is 0 Å². The van der Waals surface area contributed by atoms with Crippen molar-refractivity contribution in [3.63, 3.8) is 0 Å². The summed E-state index contributed by atoms with van der Waals surface area (Å²) in [5.41, 5.74) is 3.41. The van der Waals surface area contributed by atoms with Crippen LogP contribution in [0.4, 0.5) is 0 Å². The second kappa shape index (κ2) is 5.32. The van der Waals surface area contributed by atoms with Crippen molar-refractivity contribution in [2.75, 3.05) is 13.3 Å². The standard InChI is InChI=1S/C10H17N3S/c1-7-9(5-11-3)8(2)13-10(12-7)6-14-4/h11H,5-6H2,1-4H3. The second-order valence-electron chi connectivity index (χ2n) is 3.25. The summed E-state index contributed by atoms with van der Waals surface area (Å²) in [6, 6.07) is 0. The number of nitrogens with one attached hydrogen (secondary N) is 1. The lowest BCUT2D eigenvalue weighted by Gasteiger charge is -2.09. The lowest BCUT2D eigenvalue weighted by molar-refractivity contribution is 0.778. The zero-order chi connectivity index (χ0) is 10.6. The van der Waals surface area contributed by atoms with E-state index in [0.29, 0.717) is 0 Å². The van der Waals surface area contributed by atoms with E-state index in [9.17, 15) is 0 Å². The summed E-state index contributed by atoms with van der Waals surface area (Å²) < 4.78 is 0. The number of nitrogens with zero attached hydrogens (tertiary/aromatic N) is 2. The number of aromatic nitrogens is 2. The lowest BCUT2D eigenvalue weighted by atomic mass is 10.1. The molecule has 1 aromatic heterocycles. The third-order valence-corrected chi connectivity index (χ3v) is 2.64. The molecule has 0 aliphatic heterocycles. The molecule has 0 fully saturated rings. The summed E-state index contributed by atoms with van der Waals surface area (Å²) in [5, 5.41) is 3.13. The van der Waals surface area contributed by atoms with Crippen LogP contribution in [0.25, 0.3) is 0 Å². The van der Waals surface area contributed by atoms with E-state index in [4.69, 9.17) is 0 Å². The Morgan fingerprint density at radius 3 is 2.21 bits per heavy atom. The summed E-state index contributed by atoms with van der Waals surface area (Å²) in [6.07, 6.45) is 2.07. The smallest absolute Gasteiger partial charge is 0.138 e. The number of thioether (sulfide) groups is 1. The highest BCUT2D eigenvalue weighted by Gasteiger charge is 2.06. The Morgan fingerprint density at radius 2 is 1.79 bits per heavy atom. The van der Waals surface area contributed by atoms with E-state index in [1.807, 2.05) is 20.9 Å². The highest BCUT2D eigenvalue weighted by atomic mass is 32.2. The summed E-state index contributed by atoms with van der Waals surface area (Å²) in [7, 11) is 1.94. The molecule has 0 aliphatic carbocycles. The van der Waals surface area contributed by atoms with Gasteiger partial charge in [-0.25, -0.2) is 9.97 Å². The van der Waals surface area contributed by atoms with E-state index in [1.165, 1.54) is 5.56 Å². The molecule has 0 aromatic carbocycles. The van der Waals surface area contributed by atoms with Gasteiger partial charge < -0.3 is 5.32 Å². The molecule has 0 spiro atoms. The second-order valence-corrected chi connectivity index (χ2v) is 4.12. The number of aryl methyl sites for hydroxylation is 2. The van der Waals surface area contributed by atoms with Crippen LogP contribution in [0.5, 0.6) is 0 Å². The molecule has 0 atom stereocenters. The number of hydrogen-bond donors (Lipinski definition) is 1. The van der Waals surface area contributed by atoms with Gasteiger partial charge in [0.1, 0.15) is 5.82 Å². The molecule has 0 radical (unpaired) electrons. The van der Waals surface area contributed by atoms with Gasteiger partial charge in [-0.1, -0.05) is 0 Å². The molecule has 0 bridgehead atoms. The van der Waals surface area contributed by atoms with Gasteiger partial charge >= 0.3 is 0 Å². The van der Waals surface area contributed by atoms with Gasteiger partial charge in [0.25, 0.3) is 0 Å². The van der Waals surface area contributed by atoms with Gasteiger partial charge in [0.15, 0.2) is 0 Å². The Bertz CT molecular complexity index is 289. The predicted molar refractivity (Wildman–Crippen MR) is 61.5 cm³/mol. The van der Waals surface area contributed by atoms with Gasteiger partial charge in [-0.15, -0.1) is 0 Å². The van der Waals surface area contributed by atoms with Crippen LogP contribution in [-0.2, 0) is 12.3 Å². The van der Waals surface area contributed by atoms with Crippen molar-refractivity contribution in [2.45, 2.75) is 26.1 Å². The van der Waals surface area contributed by atoms with E-state index in [2.05, 4.69) is 21.5 Å². The van der Waals surface area contributed by atoms with Crippen molar-refractivity contribution in [3.05, 3.63) is 22.8 Å². The van der Waals surface area contributed by atoms with Crippen LogP contribution < -0.4 is 5.32 Å². The fourth-order valence-electron chi connectivity index (χ4n) is 1.44. The fourth-order valence-corrected chi connectivity index (χ4v) is 1.82. The molecule has 14 heavy (non-hydrogen) atoms. The molecule has 3 nitrogen and oxygen atoms in total. The van der Waals surface area contributed by atoms with Gasteiger partial charge in [-0.05, 0) is 27.2 Å². The maximum atomic E-state index is 4.47. The Labute approximate surface area is 89.7 Å². The van der Waals surface area contributed by atoms with Crippen molar-refractivity contribution in [2.24, 2.45) is 0 Å². The Hall–Kier alpha value is -0.610. The van der Waals surface area contributed by atoms with Gasteiger partial charge in [0.05, 0.1) is 5.75 Å². The minimum atomic E-state index is 0.844. The maximum absolute atomic E-state index is 4.47. The molecule has 1 rings (SSSR count). The van der Waals surface area contributed by atoms with Gasteiger partial charge in [0, 0.05) is 23.5 Å². The zero-order valence-corrected chi connectivity index (χ0v) is 10.0. The molecule has 0 amide bonds. The van der Waals surface area contributed by atoms with Crippen LogP contribution >= 0.6 is 11.8 Å². The van der Waals surface area contributed by atoms with E-state index in [1.54, 1.807) is 11.8 Å². The van der Waals surface area contributed by atoms with Crippen LogP contribution in [0, 0.1) is 13.8 Å². The first-order valence-electron chi connectivity index (χ1n) is 4.65. The van der Waals surface area contributed by atoms with Crippen LogP contribution in [0.2, 0.25) is 0 Å². The average molecular weight is 211 g/mol. The van der Waals surface area contributed by atoms with Crippen LogP contribution in [0.15, 0.2) is 0 Å². The highest BCUT2D eigenvalue weighted by molar-refractivity contribution is 7.97. The van der Waals surface area contributed by atoms with Crippen molar-refractivity contribution in [1.29, 1.82) is 0 Å². The van der Waals surface area contributed by atoms with E-state index in [0.717, 1.165) is 29.5 Å². The maximum Gasteiger partial charge on any atom is 0.138 e. The molecule has 0 saturated carbocycles. The minimum Gasteiger partial charge on any atom is -0.316 e. The van der Waals surface area contributed by atoms with E-state index < -0.39 is 0 Å². The van der Waals surface area contributed by atoms with Crippen molar-refractivity contribution in [3.8, 4) is 0 Å². The van der Waals surface area contributed by atoms with Crippen molar-refractivity contribution in [1.82, 2.24) is 15.3 Å². The summed E-state index contributed by atoms with van der Waals surface area (Å²) in [4.78, 5) is 8.94. The normalized spacial score (nSPS) is 10.6. The van der Waals surface area contributed by atoms with Crippen LogP contribution in [-0.4, -0.2) is 23.3 Å². The molecular weight excluding hydrogens is 194 g/mol. The number of rotatable bonds is 4. The van der Waals surface area contributed by atoms with Gasteiger partial charge in [-0.3, -0.25) is 0 Å². The molecule has 1 N–H and O–H groups in total. The fraction of sp³-hybridized carbons (Fsp3) is 0.600. The monoisotopic (exact) mass is 211 g/mol. The SMILES string of the molecule is CNCc1c(C)nc(CSC)nc1C. The highest BCUT2D eigenvalue weighted by Crippen LogP contribution is 2.12. The molecule has 4 heteroatoms. The number of hydrogen-bond acceptors (Lipinski definition) is 4. The first-order chi connectivity index (χ1) is 6.69. The molecule has 78 valence electrons. The van der Waals surface area contributed by atoms with E-state index >= 15 is 0 Å². The largest absolute Gasteiger partial charge is 0.316 e. The molecule has 0 unspecified atom stereocenters. The predicted octanol–water partition coefficient (Wildman–Crippen LogP) is 1.68. The summed E-state index contributed by atoms with van der Waals surface area (Å²) in [6.45, 7) is 4.94. The Morgan fingerprint density at radius 1 is 1.21 bits per heavy atom. The minimum absolute atomic E-state index is 0.844.